The van der Waals surface area contributed by atoms with Crippen molar-refractivity contribution in [2.45, 2.75) is 63.6 Å². The number of nitrogens with zero attached hydrogens (tertiary/aromatic N) is 2. The summed E-state index contributed by atoms with van der Waals surface area (Å²) in [6, 6.07) is 9.59. The monoisotopic (exact) mass is 558 g/mol. The highest BCUT2D eigenvalue weighted by atomic mass is 35.5. The summed E-state index contributed by atoms with van der Waals surface area (Å²) in [6.07, 6.45) is 7.15. The summed E-state index contributed by atoms with van der Waals surface area (Å²) in [5, 5.41) is 14.6. The second kappa shape index (κ2) is 10.2. The maximum absolute atomic E-state index is 14.7. The summed E-state index contributed by atoms with van der Waals surface area (Å²) in [5.74, 6) is -0.344. The van der Waals surface area contributed by atoms with Crippen molar-refractivity contribution in [2.24, 2.45) is 5.41 Å². The molecule has 3 fully saturated rings. The molecule has 1 N–H and O–H groups in total. The minimum absolute atomic E-state index is 0.0320. The molecule has 1 aliphatic heterocycles. The van der Waals surface area contributed by atoms with Crippen LogP contribution in [0.1, 0.15) is 72.5 Å². The van der Waals surface area contributed by atoms with E-state index in [9.17, 15) is 9.18 Å². The quantitative estimate of drug-likeness (QED) is 0.320. The molecule has 0 atom stereocenters. The Labute approximate surface area is 230 Å². The van der Waals surface area contributed by atoms with Crippen molar-refractivity contribution < 1.29 is 23.6 Å². The molecule has 9 heteroatoms. The van der Waals surface area contributed by atoms with E-state index in [1.807, 2.05) is 6.07 Å². The number of hydrogen-bond donors (Lipinski definition) is 1. The predicted molar refractivity (Wildman–Crippen MR) is 144 cm³/mol. The Balaban J connectivity index is 1.11. The van der Waals surface area contributed by atoms with E-state index in [4.69, 9.17) is 37.6 Å². The summed E-state index contributed by atoms with van der Waals surface area (Å²) in [7, 11) is 0. The molecule has 38 heavy (non-hydrogen) atoms. The fraction of sp³-hybridized carbons (Fsp3) is 0.448. The number of halogens is 3. The number of ether oxygens (including phenoxy) is 1. The zero-order valence-electron chi connectivity index (χ0n) is 20.9. The van der Waals surface area contributed by atoms with Crippen LogP contribution in [0.4, 0.5) is 10.1 Å². The maximum Gasteiger partial charge on any atom is 0.335 e. The number of carboxylic acid groups (broad SMARTS) is 1. The Hall–Kier alpha value is -2.61. The molecule has 2 aromatic carbocycles. The van der Waals surface area contributed by atoms with Crippen LogP contribution in [0.15, 0.2) is 40.9 Å². The fourth-order valence-corrected chi connectivity index (χ4v) is 6.64. The minimum atomic E-state index is -1.12. The van der Waals surface area contributed by atoms with Gasteiger partial charge in [-0.2, -0.15) is 0 Å². The molecule has 3 aliphatic rings. The molecular formula is C29H29Cl2FN2O4. The van der Waals surface area contributed by atoms with Crippen molar-refractivity contribution in [3.63, 3.8) is 0 Å². The van der Waals surface area contributed by atoms with Gasteiger partial charge >= 0.3 is 5.97 Å². The smallest absolute Gasteiger partial charge is 0.335 e. The van der Waals surface area contributed by atoms with Crippen LogP contribution in [0.25, 0.3) is 11.3 Å². The van der Waals surface area contributed by atoms with Crippen LogP contribution in [0.5, 0.6) is 0 Å². The summed E-state index contributed by atoms with van der Waals surface area (Å²) in [5.41, 5.74) is 2.87. The van der Waals surface area contributed by atoms with Gasteiger partial charge in [-0.05, 0) is 80.7 Å². The first kappa shape index (κ1) is 25.7. The predicted octanol–water partition coefficient (Wildman–Crippen LogP) is 7.72. The lowest BCUT2D eigenvalue weighted by Crippen LogP contribution is -2.34. The third kappa shape index (κ3) is 4.92. The van der Waals surface area contributed by atoms with Gasteiger partial charge in [-0.1, -0.05) is 34.4 Å². The standard InChI is InChI=1S/C29H29Cl2FN2O4/c30-21-2-1-3-22(31)25(21)26-20(27(38-33-26)17-4-5-17)15-37-19-8-10-29(11-9-19)12-13-34(16-29)24-7-6-18(28(35)36)14-23(24)32/h1-3,6-7,14,17,19H,4-5,8-13,15-16H2,(H,35,36). The maximum atomic E-state index is 14.7. The average Bonchev–Trinajstić information content (AvgIpc) is 3.54. The largest absolute Gasteiger partial charge is 0.478 e. The van der Waals surface area contributed by atoms with Gasteiger partial charge in [0.2, 0.25) is 0 Å². The molecule has 1 saturated heterocycles. The van der Waals surface area contributed by atoms with Crippen LogP contribution in [0, 0.1) is 11.2 Å². The van der Waals surface area contributed by atoms with Crippen LogP contribution < -0.4 is 4.90 Å². The summed E-state index contributed by atoms with van der Waals surface area (Å²) >= 11 is 13.0. The van der Waals surface area contributed by atoms with Gasteiger partial charge < -0.3 is 19.3 Å². The van der Waals surface area contributed by atoms with E-state index < -0.39 is 11.8 Å². The molecule has 6 rings (SSSR count). The number of rotatable bonds is 7. The van der Waals surface area contributed by atoms with Crippen LogP contribution in [-0.2, 0) is 11.3 Å². The first-order valence-corrected chi connectivity index (χ1v) is 13.9. The van der Waals surface area contributed by atoms with Crippen LogP contribution >= 0.6 is 23.2 Å². The highest BCUT2D eigenvalue weighted by Crippen LogP contribution is 2.48. The Morgan fingerprint density at radius 3 is 2.53 bits per heavy atom. The molecule has 6 nitrogen and oxygen atoms in total. The second-order valence-corrected chi connectivity index (χ2v) is 11.7. The van der Waals surface area contributed by atoms with E-state index in [1.54, 1.807) is 18.2 Å². The summed E-state index contributed by atoms with van der Waals surface area (Å²) in [6.45, 7) is 1.94. The van der Waals surface area contributed by atoms with Gasteiger partial charge in [0.1, 0.15) is 17.3 Å². The van der Waals surface area contributed by atoms with Crippen LogP contribution in [-0.4, -0.2) is 35.4 Å². The molecule has 2 aliphatic carbocycles. The third-order valence-corrected chi connectivity index (χ3v) is 9.03. The summed E-state index contributed by atoms with van der Waals surface area (Å²) < 4.78 is 26.9. The van der Waals surface area contributed by atoms with E-state index in [0.29, 0.717) is 39.5 Å². The lowest BCUT2D eigenvalue weighted by molar-refractivity contribution is -0.00883. The van der Waals surface area contributed by atoms with Gasteiger partial charge in [-0.3, -0.25) is 0 Å². The number of anilines is 1. The first-order chi connectivity index (χ1) is 18.3. The van der Waals surface area contributed by atoms with Crippen molar-refractivity contribution in [1.29, 1.82) is 0 Å². The molecule has 3 aromatic rings. The minimum Gasteiger partial charge on any atom is -0.478 e. The van der Waals surface area contributed by atoms with Crippen molar-refractivity contribution in [2.75, 3.05) is 18.0 Å². The van der Waals surface area contributed by atoms with E-state index in [0.717, 1.165) is 75.4 Å². The normalized spacial score (nSPS) is 23.3. The SMILES string of the molecule is O=C(O)c1ccc(N2CCC3(CCC(OCc4c(-c5c(Cl)cccc5Cl)noc4C4CC4)CC3)C2)c(F)c1. The Kier molecular flexibility index (Phi) is 6.87. The Morgan fingerprint density at radius 2 is 1.87 bits per heavy atom. The number of carboxylic acids is 1. The summed E-state index contributed by atoms with van der Waals surface area (Å²) in [4.78, 5) is 13.2. The van der Waals surface area contributed by atoms with Gasteiger partial charge in [-0.25, -0.2) is 9.18 Å². The van der Waals surface area contributed by atoms with Gasteiger partial charge in [0.05, 0.1) is 34.0 Å². The first-order valence-electron chi connectivity index (χ1n) is 13.2. The fourth-order valence-electron chi connectivity index (χ4n) is 6.07. The number of hydrogen-bond acceptors (Lipinski definition) is 5. The number of benzene rings is 2. The number of aromatic nitrogens is 1. The van der Waals surface area contributed by atoms with E-state index in [2.05, 4.69) is 10.1 Å². The lowest BCUT2D eigenvalue weighted by Gasteiger charge is -2.37. The molecule has 0 bridgehead atoms. The zero-order valence-corrected chi connectivity index (χ0v) is 22.4. The molecule has 0 amide bonds. The second-order valence-electron chi connectivity index (χ2n) is 10.9. The Morgan fingerprint density at radius 1 is 1.13 bits per heavy atom. The van der Waals surface area contributed by atoms with Crippen LogP contribution in [0.3, 0.4) is 0 Å². The topological polar surface area (TPSA) is 75.8 Å². The molecule has 2 heterocycles. The lowest BCUT2D eigenvalue weighted by atomic mass is 9.72. The van der Waals surface area contributed by atoms with Gasteiger partial charge in [0.25, 0.3) is 0 Å². The number of aromatic carboxylic acids is 1. The zero-order chi connectivity index (χ0) is 26.4. The average molecular weight is 559 g/mol. The molecule has 1 spiro atoms. The van der Waals surface area contributed by atoms with E-state index in [-0.39, 0.29) is 17.1 Å². The van der Waals surface area contributed by atoms with Gasteiger partial charge in [0, 0.05) is 30.1 Å². The number of carbonyl (C=O) groups is 1. The molecule has 0 unspecified atom stereocenters. The van der Waals surface area contributed by atoms with Gasteiger partial charge in [0.15, 0.2) is 0 Å². The van der Waals surface area contributed by atoms with Crippen molar-refractivity contribution in [1.82, 2.24) is 5.16 Å². The van der Waals surface area contributed by atoms with Crippen molar-refractivity contribution >= 4 is 34.9 Å². The molecule has 1 aromatic heterocycles. The van der Waals surface area contributed by atoms with E-state index >= 15 is 0 Å². The molecule has 0 radical (unpaired) electrons. The van der Waals surface area contributed by atoms with Crippen molar-refractivity contribution in [3.05, 3.63) is 69.1 Å². The highest BCUT2D eigenvalue weighted by molar-refractivity contribution is 6.39. The van der Waals surface area contributed by atoms with Crippen LogP contribution in [0.2, 0.25) is 10.0 Å². The highest BCUT2D eigenvalue weighted by Gasteiger charge is 2.42. The van der Waals surface area contributed by atoms with Crippen molar-refractivity contribution in [3.8, 4) is 11.3 Å². The Bertz CT molecular complexity index is 1340. The molecule has 200 valence electrons. The molecule has 2 saturated carbocycles. The van der Waals surface area contributed by atoms with E-state index in [1.165, 1.54) is 6.07 Å². The van der Waals surface area contributed by atoms with Gasteiger partial charge in [-0.15, -0.1) is 0 Å². The molecular weight excluding hydrogens is 530 g/mol. The third-order valence-electron chi connectivity index (χ3n) is 8.40.